The third kappa shape index (κ3) is 2.82. The normalized spacial score (nSPS) is 10.2. The van der Waals surface area contributed by atoms with Crippen LogP contribution in [0, 0.1) is 0 Å². The summed E-state index contributed by atoms with van der Waals surface area (Å²) >= 11 is 6.04. The summed E-state index contributed by atoms with van der Waals surface area (Å²) in [4.78, 5) is 8.08. The predicted molar refractivity (Wildman–Crippen MR) is 56.6 cm³/mol. The highest BCUT2D eigenvalue weighted by Crippen LogP contribution is 2.21. The number of aliphatic hydroxyl groups excluding tert-OH is 1. The van der Waals surface area contributed by atoms with Crippen molar-refractivity contribution in [3.05, 3.63) is 17.0 Å². The fraction of sp³-hybridized carbons (Fsp3) is 0.556. The highest BCUT2D eigenvalue weighted by molar-refractivity contribution is 6.33. The smallest absolute Gasteiger partial charge is 0.148 e. The number of nitrogens with zero attached hydrogens (tertiary/aromatic N) is 2. The molecule has 0 saturated heterocycles. The van der Waals surface area contributed by atoms with Crippen LogP contribution >= 0.6 is 11.6 Å². The van der Waals surface area contributed by atoms with Crippen molar-refractivity contribution in [2.45, 2.75) is 19.8 Å². The Hall–Kier alpha value is -0.870. The van der Waals surface area contributed by atoms with E-state index in [-0.39, 0.29) is 6.61 Å². The number of rotatable bonds is 5. The Balaban J connectivity index is 2.66. The van der Waals surface area contributed by atoms with Gasteiger partial charge in [0, 0.05) is 13.2 Å². The Morgan fingerprint density at radius 1 is 1.50 bits per heavy atom. The molecule has 0 atom stereocenters. The zero-order chi connectivity index (χ0) is 10.4. The van der Waals surface area contributed by atoms with Crippen LogP contribution in [0.5, 0.6) is 0 Å². The van der Waals surface area contributed by atoms with Crippen molar-refractivity contribution in [1.82, 2.24) is 9.97 Å². The molecule has 0 aliphatic rings. The minimum Gasteiger partial charge on any atom is -0.396 e. The van der Waals surface area contributed by atoms with E-state index in [0.29, 0.717) is 23.8 Å². The van der Waals surface area contributed by atoms with Gasteiger partial charge in [-0.3, -0.25) is 0 Å². The molecule has 5 heteroatoms. The first-order chi connectivity index (χ1) is 6.79. The second-order valence-electron chi connectivity index (χ2n) is 2.84. The van der Waals surface area contributed by atoms with E-state index < -0.39 is 0 Å². The molecular weight excluding hydrogens is 202 g/mol. The van der Waals surface area contributed by atoms with E-state index in [0.717, 1.165) is 12.1 Å². The first-order valence-corrected chi connectivity index (χ1v) is 5.01. The van der Waals surface area contributed by atoms with Crippen LogP contribution in [-0.2, 0) is 6.42 Å². The van der Waals surface area contributed by atoms with Crippen molar-refractivity contribution < 1.29 is 5.11 Å². The molecule has 1 aromatic heterocycles. The van der Waals surface area contributed by atoms with Gasteiger partial charge in [-0.05, 0) is 12.8 Å². The number of aliphatic hydroxyl groups is 1. The second-order valence-corrected chi connectivity index (χ2v) is 3.22. The molecule has 0 unspecified atom stereocenters. The average molecular weight is 216 g/mol. The lowest BCUT2D eigenvalue weighted by atomic mass is 10.3. The summed E-state index contributed by atoms with van der Waals surface area (Å²) in [6, 6.07) is 0. The molecule has 0 fully saturated rings. The molecule has 1 heterocycles. The molecule has 0 aliphatic heterocycles. The van der Waals surface area contributed by atoms with Crippen LogP contribution in [0.4, 0.5) is 5.82 Å². The molecule has 1 rings (SSSR count). The van der Waals surface area contributed by atoms with Gasteiger partial charge in [-0.25, -0.2) is 9.97 Å². The van der Waals surface area contributed by atoms with Gasteiger partial charge in [-0.15, -0.1) is 0 Å². The lowest BCUT2D eigenvalue weighted by molar-refractivity contribution is 0.292. The third-order valence-electron chi connectivity index (χ3n) is 1.82. The van der Waals surface area contributed by atoms with E-state index in [4.69, 9.17) is 16.7 Å². The first kappa shape index (κ1) is 11.2. The summed E-state index contributed by atoms with van der Waals surface area (Å²) in [5.41, 5.74) is 0.841. The number of aromatic nitrogens is 2. The van der Waals surface area contributed by atoms with Crippen molar-refractivity contribution in [2.75, 3.05) is 18.5 Å². The minimum absolute atomic E-state index is 0.163. The van der Waals surface area contributed by atoms with E-state index in [1.165, 1.54) is 6.33 Å². The van der Waals surface area contributed by atoms with E-state index in [9.17, 15) is 0 Å². The van der Waals surface area contributed by atoms with Crippen molar-refractivity contribution in [3.63, 3.8) is 0 Å². The van der Waals surface area contributed by atoms with Gasteiger partial charge in [-0.1, -0.05) is 18.5 Å². The SMILES string of the molecule is CCc1ncnc(NCCCO)c1Cl. The molecule has 2 N–H and O–H groups in total. The Bertz CT molecular complexity index is 293. The van der Waals surface area contributed by atoms with Crippen LogP contribution in [0.25, 0.3) is 0 Å². The number of halogens is 1. The number of hydrogen-bond donors (Lipinski definition) is 2. The van der Waals surface area contributed by atoms with Crippen LogP contribution in [0.2, 0.25) is 5.02 Å². The molecule has 14 heavy (non-hydrogen) atoms. The van der Waals surface area contributed by atoms with Gasteiger partial charge in [0.25, 0.3) is 0 Å². The van der Waals surface area contributed by atoms with E-state index in [2.05, 4.69) is 15.3 Å². The highest BCUT2D eigenvalue weighted by Gasteiger charge is 2.06. The highest BCUT2D eigenvalue weighted by atomic mass is 35.5. The monoisotopic (exact) mass is 215 g/mol. The Labute approximate surface area is 88.3 Å². The number of nitrogens with one attached hydrogen (secondary N) is 1. The lowest BCUT2D eigenvalue weighted by Gasteiger charge is -2.07. The van der Waals surface area contributed by atoms with Gasteiger partial charge in [0.2, 0.25) is 0 Å². The van der Waals surface area contributed by atoms with Gasteiger partial charge in [0.1, 0.15) is 17.2 Å². The average Bonchev–Trinajstić information content (AvgIpc) is 2.21. The maximum absolute atomic E-state index is 8.61. The fourth-order valence-corrected chi connectivity index (χ4v) is 1.36. The fourth-order valence-electron chi connectivity index (χ4n) is 1.06. The maximum atomic E-state index is 8.61. The largest absolute Gasteiger partial charge is 0.396 e. The number of hydrogen-bond acceptors (Lipinski definition) is 4. The maximum Gasteiger partial charge on any atom is 0.148 e. The standard InChI is InChI=1S/C9H14ClN3O/c1-2-7-8(10)9(13-6-12-7)11-4-3-5-14/h6,14H,2-5H2,1H3,(H,11,12,13). The molecule has 78 valence electrons. The van der Waals surface area contributed by atoms with Gasteiger partial charge < -0.3 is 10.4 Å². The summed E-state index contributed by atoms with van der Waals surface area (Å²) in [5, 5.41) is 12.2. The molecule has 0 amide bonds. The van der Waals surface area contributed by atoms with Gasteiger partial charge in [-0.2, -0.15) is 0 Å². The van der Waals surface area contributed by atoms with Gasteiger partial charge in [0.05, 0.1) is 5.69 Å². The zero-order valence-electron chi connectivity index (χ0n) is 8.13. The minimum atomic E-state index is 0.163. The first-order valence-electron chi connectivity index (χ1n) is 4.63. The predicted octanol–water partition coefficient (Wildman–Crippen LogP) is 1.49. The summed E-state index contributed by atoms with van der Waals surface area (Å²) < 4.78 is 0. The van der Waals surface area contributed by atoms with Crippen LogP contribution in [0.3, 0.4) is 0 Å². The third-order valence-corrected chi connectivity index (χ3v) is 2.22. The summed E-state index contributed by atoms with van der Waals surface area (Å²) in [7, 11) is 0. The molecule has 0 radical (unpaired) electrons. The van der Waals surface area contributed by atoms with Gasteiger partial charge >= 0.3 is 0 Å². The van der Waals surface area contributed by atoms with Crippen molar-refractivity contribution in [1.29, 1.82) is 0 Å². The summed E-state index contributed by atoms with van der Waals surface area (Å²) in [5.74, 6) is 0.645. The quantitative estimate of drug-likeness (QED) is 0.731. The van der Waals surface area contributed by atoms with Crippen molar-refractivity contribution in [2.24, 2.45) is 0 Å². The Morgan fingerprint density at radius 2 is 2.29 bits per heavy atom. The van der Waals surface area contributed by atoms with Crippen LogP contribution in [0.15, 0.2) is 6.33 Å². The second kappa shape index (κ2) is 5.78. The molecule has 0 saturated carbocycles. The van der Waals surface area contributed by atoms with Crippen molar-refractivity contribution >= 4 is 17.4 Å². The number of anilines is 1. The van der Waals surface area contributed by atoms with Crippen LogP contribution in [0.1, 0.15) is 19.0 Å². The molecular formula is C9H14ClN3O. The van der Waals surface area contributed by atoms with Crippen LogP contribution < -0.4 is 5.32 Å². The zero-order valence-corrected chi connectivity index (χ0v) is 8.88. The molecule has 4 nitrogen and oxygen atoms in total. The molecule has 0 spiro atoms. The lowest BCUT2D eigenvalue weighted by Crippen LogP contribution is -2.07. The molecule has 0 bridgehead atoms. The Kier molecular flexibility index (Phi) is 4.62. The van der Waals surface area contributed by atoms with Crippen LogP contribution in [-0.4, -0.2) is 28.2 Å². The Morgan fingerprint density at radius 3 is 2.93 bits per heavy atom. The van der Waals surface area contributed by atoms with E-state index in [1.807, 2.05) is 6.92 Å². The summed E-state index contributed by atoms with van der Waals surface area (Å²) in [6.45, 7) is 2.82. The van der Waals surface area contributed by atoms with E-state index >= 15 is 0 Å². The molecule has 1 aromatic rings. The topological polar surface area (TPSA) is 58.0 Å². The van der Waals surface area contributed by atoms with E-state index in [1.54, 1.807) is 0 Å². The summed E-state index contributed by atoms with van der Waals surface area (Å²) in [6.07, 6.45) is 2.96. The van der Waals surface area contributed by atoms with Gasteiger partial charge in [0.15, 0.2) is 0 Å². The molecule has 0 aliphatic carbocycles. The number of aryl methyl sites for hydroxylation is 1. The van der Waals surface area contributed by atoms with Crippen molar-refractivity contribution in [3.8, 4) is 0 Å². The molecule has 0 aromatic carbocycles.